The maximum absolute atomic E-state index is 13.2. The minimum absolute atomic E-state index is 0.114. The van der Waals surface area contributed by atoms with Crippen molar-refractivity contribution in [2.45, 2.75) is 75.9 Å². The molecule has 0 aliphatic heterocycles. The molecule has 6 rings (SSSR count). The summed E-state index contributed by atoms with van der Waals surface area (Å²) in [6.45, 7) is 3.83. The first-order chi connectivity index (χ1) is 25.8. The third-order valence-electron chi connectivity index (χ3n) is 12.0. The van der Waals surface area contributed by atoms with E-state index in [2.05, 4.69) is 55.1 Å². The van der Waals surface area contributed by atoms with Crippen molar-refractivity contribution in [1.82, 2.24) is 9.80 Å². The third kappa shape index (κ3) is 11.0. The van der Waals surface area contributed by atoms with Crippen LogP contribution in [0, 0.1) is 42.2 Å². The monoisotopic (exact) mass is 740 g/mol. The number of hydrogen-bond donors (Lipinski definition) is 2. The zero-order valence-electron chi connectivity index (χ0n) is 33.3. The van der Waals surface area contributed by atoms with Gasteiger partial charge in [-0.15, -0.1) is 0 Å². The topological polar surface area (TPSA) is 56.2 Å². The minimum Gasteiger partial charge on any atom is -0.496 e. The fourth-order valence-electron chi connectivity index (χ4n) is 9.10. The van der Waals surface area contributed by atoms with E-state index < -0.39 is 11.2 Å². The third-order valence-corrected chi connectivity index (χ3v) is 12.0. The SMILES string of the molecule is COc1ccccc1C1(O)CCC(Cc2ccc(F)cc2)CC1CN(C)C.Cc1ccccc1CC1(O)CCC(Cc2ccc(F)cc2)CC1CN(C)C. The number of aliphatic hydroxyl groups is 2. The van der Waals surface area contributed by atoms with Crippen molar-refractivity contribution < 1.29 is 23.7 Å². The quantitative estimate of drug-likeness (QED) is 0.152. The molecule has 54 heavy (non-hydrogen) atoms. The summed E-state index contributed by atoms with van der Waals surface area (Å²) >= 11 is 0. The lowest BCUT2D eigenvalue weighted by molar-refractivity contribution is -0.0764. The second kappa shape index (κ2) is 18.8. The lowest BCUT2D eigenvalue weighted by Gasteiger charge is -2.45. The minimum atomic E-state index is -0.893. The van der Waals surface area contributed by atoms with Crippen molar-refractivity contribution in [3.05, 3.63) is 137 Å². The average Bonchev–Trinajstić information content (AvgIpc) is 3.14. The summed E-state index contributed by atoms with van der Waals surface area (Å²) in [5.74, 6) is 1.75. The van der Waals surface area contributed by atoms with Crippen molar-refractivity contribution in [3.8, 4) is 5.75 Å². The molecule has 4 aromatic carbocycles. The van der Waals surface area contributed by atoms with Gasteiger partial charge in [-0.2, -0.15) is 0 Å². The molecule has 6 unspecified atom stereocenters. The molecule has 2 aliphatic rings. The molecule has 0 bridgehead atoms. The lowest BCUT2D eigenvalue weighted by Crippen LogP contribution is -2.49. The van der Waals surface area contributed by atoms with Gasteiger partial charge in [-0.3, -0.25) is 0 Å². The maximum atomic E-state index is 13.2. The maximum Gasteiger partial charge on any atom is 0.124 e. The first-order valence-electron chi connectivity index (χ1n) is 19.7. The van der Waals surface area contributed by atoms with E-state index in [1.807, 2.05) is 62.6 Å². The van der Waals surface area contributed by atoms with Gasteiger partial charge in [0.1, 0.15) is 17.4 Å². The second-order valence-corrected chi connectivity index (χ2v) is 16.7. The highest BCUT2D eigenvalue weighted by atomic mass is 19.1. The molecule has 4 aromatic rings. The van der Waals surface area contributed by atoms with E-state index in [9.17, 15) is 19.0 Å². The number of para-hydroxylation sites is 1. The fraction of sp³-hybridized carbons (Fsp3) is 0.489. The van der Waals surface area contributed by atoms with Gasteiger partial charge in [0.05, 0.1) is 18.3 Å². The lowest BCUT2D eigenvalue weighted by atomic mass is 9.66. The number of rotatable bonds is 12. The van der Waals surface area contributed by atoms with E-state index >= 15 is 0 Å². The van der Waals surface area contributed by atoms with E-state index in [1.54, 1.807) is 19.2 Å². The van der Waals surface area contributed by atoms with Gasteiger partial charge in [0.2, 0.25) is 0 Å². The number of methoxy groups -OCH3 is 1. The van der Waals surface area contributed by atoms with E-state index in [0.717, 1.165) is 81.3 Å². The van der Waals surface area contributed by atoms with E-state index in [0.29, 0.717) is 18.3 Å². The Balaban J connectivity index is 0.000000208. The molecule has 292 valence electrons. The average molecular weight is 741 g/mol. The summed E-state index contributed by atoms with van der Waals surface area (Å²) in [6, 6.07) is 29.9. The summed E-state index contributed by atoms with van der Waals surface area (Å²) in [7, 11) is 9.91. The van der Waals surface area contributed by atoms with Crippen molar-refractivity contribution in [1.29, 1.82) is 0 Å². The molecule has 0 spiro atoms. The number of halogens is 2. The number of ether oxygens (including phenoxy) is 1. The van der Waals surface area contributed by atoms with Gasteiger partial charge in [0.25, 0.3) is 0 Å². The van der Waals surface area contributed by atoms with E-state index in [1.165, 1.54) is 28.8 Å². The van der Waals surface area contributed by atoms with Crippen LogP contribution in [-0.2, 0) is 24.9 Å². The second-order valence-electron chi connectivity index (χ2n) is 16.7. The zero-order valence-corrected chi connectivity index (χ0v) is 33.3. The van der Waals surface area contributed by atoms with Crippen LogP contribution in [0.2, 0.25) is 0 Å². The summed E-state index contributed by atoms with van der Waals surface area (Å²) in [6.07, 6.45) is 8.04. The Bertz CT molecular complexity index is 1750. The molecule has 0 saturated heterocycles. The number of hydrogen-bond acceptors (Lipinski definition) is 5. The van der Waals surface area contributed by atoms with Crippen molar-refractivity contribution >= 4 is 0 Å². The molecule has 0 radical (unpaired) electrons. The normalized spacial score (nSPS) is 25.6. The fourth-order valence-corrected chi connectivity index (χ4v) is 9.10. The van der Waals surface area contributed by atoms with Crippen LogP contribution in [0.3, 0.4) is 0 Å². The Kier molecular flexibility index (Phi) is 14.5. The molecule has 2 saturated carbocycles. The van der Waals surface area contributed by atoms with Crippen molar-refractivity contribution in [3.63, 3.8) is 0 Å². The van der Waals surface area contributed by atoms with E-state index in [4.69, 9.17) is 4.74 Å². The van der Waals surface area contributed by atoms with Crippen LogP contribution in [0.15, 0.2) is 97.1 Å². The molecule has 5 nitrogen and oxygen atoms in total. The largest absolute Gasteiger partial charge is 0.496 e. The number of benzene rings is 4. The van der Waals surface area contributed by atoms with Crippen LogP contribution in [0.5, 0.6) is 5.75 Å². The standard InChI is InChI=1S/C24H32FNO.C23H30FNO2/c1-18-6-4-5-7-21(18)16-24(27)13-12-20(15-22(24)17-26(2)3)14-19-8-10-23(25)11-9-19;1-25(2)16-19-15-18(14-17-8-10-20(24)11-9-17)12-13-23(19,26)21-6-4-5-7-22(21)27-3/h4-11,20,22,27H,12-17H2,1-3H3;4-11,18-19,26H,12-16H2,1-3H3. The molecular formula is C47H62F2N2O3. The van der Waals surface area contributed by atoms with Crippen LogP contribution in [0.25, 0.3) is 0 Å². The van der Waals surface area contributed by atoms with Gasteiger partial charge in [-0.05, 0) is 151 Å². The predicted molar refractivity (Wildman–Crippen MR) is 216 cm³/mol. The Labute approximate surface area is 323 Å². The van der Waals surface area contributed by atoms with E-state index in [-0.39, 0.29) is 23.5 Å². The summed E-state index contributed by atoms with van der Waals surface area (Å²) in [5.41, 5.74) is 4.19. The van der Waals surface area contributed by atoms with Gasteiger partial charge < -0.3 is 24.7 Å². The Morgan fingerprint density at radius 2 is 1.17 bits per heavy atom. The number of nitrogens with zero attached hydrogens (tertiary/aromatic N) is 2. The summed E-state index contributed by atoms with van der Waals surface area (Å²) in [5, 5.41) is 23.3. The molecule has 7 heteroatoms. The highest BCUT2D eigenvalue weighted by molar-refractivity contribution is 5.39. The predicted octanol–water partition coefficient (Wildman–Crippen LogP) is 8.87. The van der Waals surface area contributed by atoms with Gasteiger partial charge in [-0.1, -0.05) is 66.7 Å². The van der Waals surface area contributed by atoms with Gasteiger partial charge in [0, 0.05) is 36.9 Å². The van der Waals surface area contributed by atoms with Crippen molar-refractivity contribution in [2.24, 2.45) is 23.7 Å². The van der Waals surface area contributed by atoms with Gasteiger partial charge in [0.15, 0.2) is 0 Å². The highest BCUT2D eigenvalue weighted by Gasteiger charge is 2.45. The van der Waals surface area contributed by atoms with Crippen LogP contribution in [0.1, 0.15) is 66.3 Å². The first kappa shape index (κ1) is 41.5. The van der Waals surface area contributed by atoms with Crippen LogP contribution in [0.4, 0.5) is 8.78 Å². The summed E-state index contributed by atoms with van der Waals surface area (Å²) in [4.78, 5) is 4.33. The smallest absolute Gasteiger partial charge is 0.124 e. The molecule has 0 heterocycles. The summed E-state index contributed by atoms with van der Waals surface area (Å²) < 4.78 is 31.9. The first-order valence-corrected chi connectivity index (χ1v) is 19.7. The molecular weight excluding hydrogens is 679 g/mol. The Morgan fingerprint density at radius 3 is 1.72 bits per heavy atom. The van der Waals surface area contributed by atoms with Crippen LogP contribution < -0.4 is 4.74 Å². The Hall–Kier alpha value is -3.62. The van der Waals surface area contributed by atoms with Crippen molar-refractivity contribution in [2.75, 3.05) is 48.4 Å². The molecule has 2 fully saturated rings. The van der Waals surface area contributed by atoms with Crippen LogP contribution in [-0.4, -0.2) is 74.0 Å². The Morgan fingerprint density at radius 1 is 0.667 bits per heavy atom. The molecule has 6 atom stereocenters. The highest BCUT2D eigenvalue weighted by Crippen LogP contribution is 2.48. The molecule has 0 aromatic heterocycles. The molecule has 0 amide bonds. The molecule has 2 aliphatic carbocycles. The number of aryl methyl sites for hydroxylation is 1. The van der Waals surface area contributed by atoms with Crippen LogP contribution >= 0.6 is 0 Å². The van der Waals surface area contributed by atoms with Gasteiger partial charge >= 0.3 is 0 Å². The molecule has 2 N–H and O–H groups in total. The zero-order chi connectivity index (χ0) is 38.9. The van der Waals surface area contributed by atoms with Gasteiger partial charge in [-0.25, -0.2) is 8.78 Å².